The van der Waals surface area contributed by atoms with Crippen LogP contribution in [-0.4, -0.2) is 113 Å². The van der Waals surface area contributed by atoms with Crippen LogP contribution in [0.15, 0.2) is 18.2 Å². The molecule has 0 aliphatic carbocycles. The molecule has 1 aliphatic rings. The van der Waals surface area contributed by atoms with Crippen LogP contribution in [0.4, 0.5) is 0 Å². The van der Waals surface area contributed by atoms with Crippen molar-refractivity contribution in [1.29, 1.82) is 0 Å². The van der Waals surface area contributed by atoms with E-state index < -0.39 is 18.1 Å². The minimum Gasteiger partial charge on any atom is -0.493 e. The predicted molar refractivity (Wildman–Crippen MR) is 180 cm³/mol. The van der Waals surface area contributed by atoms with E-state index in [4.69, 9.17) is 30.4 Å². The summed E-state index contributed by atoms with van der Waals surface area (Å²) in [5.41, 5.74) is 12.0. The maximum atomic E-state index is 13.3. The number of morpholine rings is 1. The molecule has 47 heavy (non-hydrogen) atoms. The molecule has 2 rings (SSSR count). The Labute approximate surface area is 280 Å². The third-order valence-corrected chi connectivity index (χ3v) is 8.58. The molecule has 0 aromatic heterocycles. The standard InChI is InChI=1S/C34H59N5O8/c1-23(2)25(18-29(35)30(40)20-28(24(3)4)34(43)37-10-11-39-12-16-45-17-13-39)21-38-33(42)27-9-8-26(47-22-32(36)41)19-31(27)46-15-7-6-14-44-5/h8-9,19,23-25,28-30,40H,6-7,10-18,20-22,35H2,1-5H3,(H2,36,41)(H,37,43)(H,38,42)/t25-,28-,29+,30+/m1/s1. The Kier molecular flexibility index (Phi) is 18.7. The van der Waals surface area contributed by atoms with E-state index in [9.17, 15) is 19.5 Å². The van der Waals surface area contributed by atoms with Gasteiger partial charge in [-0.2, -0.15) is 0 Å². The number of amides is 3. The van der Waals surface area contributed by atoms with E-state index in [1.165, 1.54) is 0 Å². The Bertz CT molecular complexity index is 1080. The van der Waals surface area contributed by atoms with Gasteiger partial charge in [-0.1, -0.05) is 27.7 Å². The second-order valence-corrected chi connectivity index (χ2v) is 13.0. The highest BCUT2D eigenvalue weighted by molar-refractivity contribution is 5.97. The molecule has 1 fully saturated rings. The Hall–Kier alpha value is -2.97. The zero-order chi connectivity index (χ0) is 34.8. The van der Waals surface area contributed by atoms with E-state index >= 15 is 0 Å². The molecule has 7 N–H and O–H groups in total. The van der Waals surface area contributed by atoms with E-state index in [1.54, 1.807) is 25.3 Å². The van der Waals surface area contributed by atoms with Crippen LogP contribution in [-0.2, 0) is 19.1 Å². The first kappa shape index (κ1) is 40.2. The number of rotatable bonds is 23. The van der Waals surface area contributed by atoms with Gasteiger partial charge in [0.05, 0.1) is 31.5 Å². The number of methoxy groups -OCH3 is 1. The molecule has 13 heteroatoms. The number of nitrogens with two attached hydrogens (primary N) is 2. The second-order valence-electron chi connectivity index (χ2n) is 13.0. The van der Waals surface area contributed by atoms with Crippen molar-refractivity contribution in [2.45, 2.75) is 65.5 Å². The van der Waals surface area contributed by atoms with Crippen molar-refractivity contribution in [3.8, 4) is 11.5 Å². The van der Waals surface area contributed by atoms with Crippen molar-refractivity contribution in [2.75, 3.05) is 72.9 Å². The van der Waals surface area contributed by atoms with Gasteiger partial charge < -0.3 is 46.2 Å². The van der Waals surface area contributed by atoms with E-state index in [0.29, 0.717) is 63.0 Å². The summed E-state index contributed by atoms with van der Waals surface area (Å²) in [6.45, 7) is 13.5. The number of benzene rings is 1. The Morgan fingerprint density at radius 3 is 2.34 bits per heavy atom. The van der Waals surface area contributed by atoms with Crippen LogP contribution in [0.3, 0.4) is 0 Å². The summed E-state index contributed by atoms with van der Waals surface area (Å²) in [6, 6.07) is 4.18. The third kappa shape index (κ3) is 15.2. The first-order valence-corrected chi connectivity index (χ1v) is 16.9. The number of aliphatic hydroxyl groups excluding tert-OH is 1. The number of carbonyl (C=O) groups is 3. The van der Waals surface area contributed by atoms with Gasteiger partial charge in [0.15, 0.2) is 6.61 Å². The topological polar surface area (TPSA) is 188 Å². The third-order valence-electron chi connectivity index (χ3n) is 8.58. The monoisotopic (exact) mass is 665 g/mol. The number of primary amides is 1. The van der Waals surface area contributed by atoms with Crippen LogP contribution in [0.25, 0.3) is 0 Å². The first-order chi connectivity index (χ1) is 22.4. The number of unbranched alkanes of at least 4 members (excludes halogenated alkanes) is 1. The zero-order valence-electron chi connectivity index (χ0n) is 29.0. The second kappa shape index (κ2) is 21.8. The van der Waals surface area contributed by atoms with Crippen LogP contribution < -0.4 is 31.6 Å². The molecular weight excluding hydrogens is 606 g/mol. The lowest BCUT2D eigenvalue weighted by Crippen LogP contribution is -2.45. The summed E-state index contributed by atoms with van der Waals surface area (Å²) >= 11 is 0. The molecule has 1 aromatic carbocycles. The van der Waals surface area contributed by atoms with Gasteiger partial charge >= 0.3 is 0 Å². The number of hydrogen-bond acceptors (Lipinski definition) is 10. The quantitative estimate of drug-likeness (QED) is 0.107. The molecule has 1 saturated heterocycles. The maximum absolute atomic E-state index is 13.3. The zero-order valence-corrected chi connectivity index (χ0v) is 29.0. The largest absolute Gasteiger partial charge is 0.493 e. The molecule has 0 unspecified atom stereocenters. The van der Waals surface area contributed by atoms with Crippen molar-refractivity contribution in [2.24, 2.45) is 35.1 Å². The minimum atomic E-state index is -0.879. The molecule has 0 radical (unpaired) electrons. The van der Waals surface area contributed by atoms with Gasteiger partial charge in [-0.05, 0) is 55.6 Å². The van der Waals surface area contributed by atoms with Crippen molar-refractivity contribution in [3.05, 3.63) is 23.8 Å². The lowest BCUT2D eigenvalue weighted by atomic mass is 9.83. The van der Waals surface area contributed by atoms with E-state index in [0.717, 1.165) is 32.5 Å². The summed E-state index contributed by atoms with van der Waals surface area (Å²) < 4.78 is 21.8. The Morgan fingerprint density at radius 1 is 1.00 bits per heavy atom. The average molecular weight is 666 g/mol. The Balaban J connectivity index is 1.97. The molecule has 4 atom stereocenters. The molecular formula is C34H59N5O8. The highest BCUT2D eigenvalue weighted by Gasteiger charge is 2.30. The summed E-state index contributed by atoms with van der Waals surface area (Å²) in [5, 5.41) is 17.1. The fraction of sp³-hybridized carbons (Fsp3) is 0.735. The van der Waals surface area contributed by atoms with Crippen LogP contribution >= 0.6 is 0 Å². The van der Waals surface area contributed by atoms with Crippen LogP contribution in [0, 0.1) is 23.7 Å². The average Bonchev–Trinajstić information content (AvgIpc) is 3.04. The molecule has 1 aromatic rings. The predicted octanol–water partition coefficient (Wildman–Crippen LogP) is 1.55. The van der Waals surface area contributed by atoms with Crippen molar-refractivity contribution in [3.63, 3.8) is 0 Å². The van der Waals surface area contributed by atoms with Gasteiger partial charge in [-0.25, -0.2) is 0 Å². The SMILES string of the molecule is COCCCCOc1cc(OCC(N)=O)ccc1C(=O)NC[C@@H](C[C@H](N)[C@@H](O)C[C@@H](C(=O)NCCN1CCOCC1)C(C)C)C(C)C. The minimum absolute atomic E-state index is 0.0277. The van der Waals surface area contributed by atoms with Gasteiger partial charge in [0, 0.05) is 64.5 Å². The molecule has 0 spiro atoms. The summed E-state index contributed by atoms with van der Waals surface area (Å²) in [4.78, 5) is 39.8. The number of hydrogen-bond donors (Lipinski definition) is 5. The number of aliphatic hydroxyl groups is 1. The van der Waals surface area contributed by atoms with Gasteiger partial charge in [-0.15, -0.1) is 0 Å². The highest BCUT2D eigenvalue weighted by Crippen LogP contribution is 2.27. The highest BCUT2D eigenvalue weighted by atomic mass is 16.5. The van der Waals surface area contributed by atoms with Gasteiger partial charge in [0.25, 0.3) is 11.8 Å². The van der Waals surface area contributed by atoms with Crippen molar-refractivity contribution in [1.82, 2.24) is 15.5 Å². The molecule has 0 saturated carbocycles. The maximum Gasteiger partial charge on any atom is 0.255 e. The van der Waals surface area contributed by atoms with Gasteiger partial charge in [0.2, 0.25) is 5.91 Å². The Morgan fingerprint density at radius 2 is 1.70 bits per heavy atom. The van der Waals surface area contributed by atoms with Gasteiger partial charge in [0.1, 0.15) is 11.5 Å². The van der Waals surface area contributed by atoms with Gasteiger partial charge in [-0.3, -0.25) is 19.3 Å². The molecule has 1 heterocycles. The fourth-order valence-electron chi connectivity index (χ4n) is 5.41. The molecule has 3 amide bonds. The summed E-state index contributed by atoms with van der Waals surface area (Å²) in [7, 11) is 1.64. The fourth-order valence-corrected chi connectivity index (χ4v) is 5.41. The molecule has 0 bridgehead atoms. The number of carbonyl (C=O) groups excluding carboxylic acids is 3. The summed E-state index contributed by atoms with van der Waals surface area (Å²) in [6.07, 6.45) is 1.37. The number of ether oxygens (including phenoxy) is 4. The van der Waals surface area contributed by atoms with Crippen LogP contribution in [0.5, 0.6) is 11.5 Å². The van der Waals surface area contributed by atoms with E-state index in [1.807, 2.05) is 27.7 Å². The lowest BCUT2D eigenvalue weighted by Gasteiger charge is -2.30. The molecule has 1 aliphatic heterocycles. The molecule has 13 nitrogen and oxygen atoms in total. The van der Waals surface area contributed by atoms with Crippen LogP contribution in [0.1, 0.15) is 63.7 Å². The van der Waals surface area contributed by atoms with E-state index in [-0.39, 0.29) is 48.5 Å². The lowest BCUT2D eigenvalue weighted by molar-refractivity contribution is -0.127. The van der Waals surface area contributed by atoms with Crippen molar-refractivity contribution >= 4 is 17.7 Å². The van der Waals surface area contributed by atoms with Crippen molar-refractivity contribution < 1.29 is 38.4 Å². The summed E-state index contributed by atoms with van der Waals surface area (Å²) in [5.74, 6) is -0.527. The smallest absolute Gasteiger partial charge is 0.255 e. The van der Waals surface area contributed by atoms with Crippen LogP contribution in [0.2, 0.25) is 0 Å². The number of nitrogens with one attached hydrogen (secondary N) is 2. The van der Waals surface area contributed by atoms with E-state index in [2.05, 4.69) is 15.5 Å². The number of nitrogens with zero attached hydrogens (tertiary/aromatic N) is 1. The molecule has 268 valence electrons. The first-order valence-electron chi connectivity index (χ1n) is 16.9. The normalized spacial score (nSPS) is 16.4.